The van der Waals surface area contributed by atoms with Crippen LogP contribution in [0.3, 0.4) is 0 Å². The van der Waals surface area contributed by atoms with Gasteiger partial charge < -0.3 is 9.64 Å². The molecule has 0 heterocycles. The van der Waals surface area contributed by atoms with Gasteiger partial charge in [0.05, 0.1) is 7.11 Å². The molecule has 0 saturated heterocycles. The van der Waals surface area contributed by atoms with E-state index in [9.17, 15) is 0 Å². The summed E-state index contributed by atoms with van der Waals surface area (Å²) in [6.07, 6.45) is 3.70. The second-order valence-corrected chi connectivity index (χ2v) is 5.62. The van der Waals surface area contributed by atoms with E-state index in [4.69, 9.17) is 4.74 Å². The number of benzene rings is 3. The Morgan fingerprint density at radius 3 is 1.32 bits per heavy atom. The van der Waals surface area contributed by atoms with E-state index >= 15 is 0 Å². The van der Waals surface area contributed by atoms with Gasteiger partial charge in [-0.1, -0.05) is 49.6 Å². The molecule has 3 aromatic carbocycles. The second kappa shape index (κ2) is 7.54. The minimum Gasteiger partial charge on any atom is -0.497 e. The van der Waals surface area contributed by atoms with Gasteiger partial charge in [-0.2, -0.15) is 0 Å². The van der Waals surface area contributed by atoms with Gasteiger partial charge in [0.1, 0.15) is 5.75 Å². The highest BCUT2D eigenvalue weighted by atomic mass is 16.5. The van der Waals surface area contributed by atoms with Crippen LogP contribution in [-0.2, 0) is 0 Å². The molecule has 0 N–H and O–H groups in total. The lowest BCUT2D eigenvalue weighted by atomic mass is 10.1. The van der Waals surface area contributed by atoms with Gasteiger partial charge in [0, 0.05) is 17.1 Å². The predicted octanol–water partition coefficient (Wildman–Crippen LogP) is 6.45. The van der Waals surface area contributed by atoms with E-state index < -0.39 is 0 Å². The summed E-state index contributed by atoms with van der Waals surface area (Å²) in [5, 5.41) is 0. The maximum Gasteiger partial charge on any atom is 0.119 e. The van der Waals surface area contributed by atoms with E-state index in [1.165, 1.54) is 0 Å². The first kappa shape index (κ1) is 16.6. The molecule has 2 heteroatoms. The molecule has 0 spiro atoms. The van der Waals surface area contributed by atoms with E-state index in [1.807, 2.05) is 24.3 Å². The maximum atomic E-state index is 5.28. The molecule has 3 rings (SSSR count). The lowest BCUT2D eigenvalue weighted by Crippen LogP contribution is -2.09. The van der Waals surface area contributed by atoms with Crippen LogP contribution in [0.1, 0.15) is 11.1 Å². The third-order valence-corrected chi connectivity index (χ3v) is 4.10. The summed E-state index contributed by atoms with van der Waals surface area (Å²) in [4.78, 5) is 2.21. The highest BCUT2D eigenvalue weighted by Crippen LogP contribution is 2.35. The van der Waals surface area contributed by atoms with Crippen molar-refractivity contribution in [2.75, 3.05) is 12.0 Å². The summed E-state index contributed by atoms with van der Waals surface area (Å²) in [5.74, 6) is 0.840. The molecule has 0 aliphatic heterocycles. The van der Waals surface area contributed by atoms with Gasteiger partial charge in [0.25, 0.3) is 0 Å². The molecule has 0 unspecified atom stereocenters. The fourth-order valence-corrected chi connectivity index (χ4v) is 2.70. The molecule has 2 nitrogen and oxygen atoms in total. The number of ether oxygens (including phenoxy) is 1. The molecule has 25 heavy (non-hydrogen) atoms. The molecular formula is C23H21NO. The van der Waals surface area contributed by atoms with Crippen LogP contribution in [0.4, 0.5) is 17.1 Å². The number of methoxy groups -OCH3 is 1. The molecule has 0 aliphatic rings. The first-order valence-electron chi connectivity index (χ1n) is 8.14. The van der Waals surface area contributed by atoms with Gasteiger partial charge in [-0.05, 0) is 59.7 Å². The van der Waals surface area contributed by atoms with Crippen molar-refractivity contribution in [2.24, 2.45) is 0 Å². The largest absolute Gasteiger partial charge is 0.497 e. The molecule has 124 valence electrons. The van der Waals surface area contributed by atoms with Gasteiger partial charge in [-0.3, -0.25) is 0 Å². The summed E-state index contributed by atoms with van der Waals surface area (Å²) < 4.78 is 5.28. The summed E-state index contributed by atoms with van der Waals surface area (Å²) in [6, 6.07) is 24.7. The summed E-state index contributed by atoms with van der Waals surface area (Å²) in [5.41, 5.74) is 5.43. The molecule has 0 aliphatic carbocycles. The molecule has 3 aromatic rings. The molecule has 0 atom stereocenters. The Hall–Kier alpha value is -3.26. The van der Waals surface area contributed by atoms with Gasteiger partial charge >= 0.3 is 0 Å². The van der Waals surface area contributed by atoms with Gasteiger partial charge in [-0.25, -0.2) is 0 Å². The van der Waals surface area contributed by atoms with Crippen molar-refractivity contribution in [3.05, 3.63) is 97.1 Å². The Kier molecular flexibility index (Phi) is 5.00. The van der Waals surface area contributed by atoms with Crippen LogP contribution in [0.25, 0.3) is 12.2 Å². The summed E-state index contributed by atoms with van der Waals surface area (Å²) >= 11 is 0. The number of anilines is 3. The van der Waals surface area contributed by atoms with Crippen molar-refractivity contribution in [3.63, 3.8) is 0 Å². The summed E-state index contributed by atoms with van der Waals surface area (Å²) in [6.45, 7) is 7.65. The van der Waals surface area contributed by atoms with Crippen molar-refractivity contribution in [1.82, 2.24) is 0 Å². The van der Waals surface area contributed by atoms with E-state index in [-0.39, 0.29) is 0 Å². The number of hydrogen-bond donors (Lipinski definition) is 0. The third kappa shape index (κ3) is 3.64. The fourth-order valence-electron chi connectivity index (χ4n) is 2.70. The van der Waals surface area contributed by atoms with Crippen molar-refractivity contribution >= 4 is 29.2 Å². The van der Waals surface area contributed by atoms with Crippen molar-refractivity contribution < 1.29 is 4.74 Å². The van der Waals surface area contributed by atoms with Crippen LogP contribution in [-0.4, -0.2) is 7.11 Å². The molecule has 0 amide bonds. The first-order chi connectivity index (χ1) is 12.2. The lowest BCUT2D eigenvalue weighted by Gasteiger charge is -2.26. The minimum absolute atomic E-state index is 0.840. The average Bonchev–Trinajstić information content (AvgIpc) is 2.70. The number of hydrogen-bond acceptors (Lipinski definition) is 2. The Balaban J connectivity index is 2.07. The first-order valence-corrected chi connectivity index (χ1v) is 8.14. The van der Waals surface area contributed by atoms with Crippen LogP contribution < -0.4 is 9.64 Å². The molecule has 0 saturated carbocycles. The molecular weight excluding hydrogens is 306 g/mol. The monoisotopic (exact) mass is 327 g/mol. The van der Waals surface area contributed by atoms with Crippen LogP contribution in [0.5, 0.6) is 5.75 Å². The zero-order valence-electron chi connectivity index (χ0n) is 14.4. The smallest absolute Gasteiger partial charge is 0.119 e. The predicted molar refractivity (Wildman–Crippen MR) is 108 cm³/mol. The highest BCUT2D eigenvalue weighted by Gasteiger charge is 2.12. The quantitative estimate of drug-likeness (QED) is 0.516. The zero-order chi connectivity index (χ0) is 17.6. The Bertz CT molecular complexity index is 795. The summed E-state index contributed by atoms with van der Waals surface area (Å²) in [7, 11) is 1.68. The van der Waals surface area contributed by atoms with Gasteiger partial charge in [0.15, 0.2) is 0 Å². The van der Waals surface area contributed by atoms with E-state index in [2.05, 4.69) is 78.7 Å². The van der Waals surface area contributed by atoms with Crippen molar-refractivity contribution in [3.8, 4) is 5.75 Å². The Labute approximate surface area is 149 Å². The number of nitrogens with zero attached hydrogens (tertiary/aromatic N) is 1. The van der Waals surface area contributed by atoms with Crippen LogP contribution in [0.15, 0.2) is 86.0 Å². The highest BCUT2D eigenvalue weighted by molar-refractivity contribution is 5.77. The minimum atomic E-state index is 0.840. The number of rotatable bonds is 6. The topological polar surface area (TPSA) is 12.5 Å². The average molecular weight is 327 g/mol. The Morgan fingerprint density at radius 2 is 1.00 bits per heavy atom. The SMILES string of the molecule is C=Cc1ccc(N(c2ccc(C=C)cc2)c2ccc(OC)cc2)cc1. The maximum absolute atomic E-state index is 5.28. The molecule has 0 fully saturated rings. The zero-order valence-corrected chi connectivity index (χ0v) is 14.4. The van der Waals surface area contributed by atoms with Crippen LogP contribution >= 0.6 is 0 Å². The molecule has 0 radical (unpaired) electrons. The normalized spacial score (nSPS) is 10.1. The van der Waals surface area contributed by atoms with E-state index in [1.54, 1.807) is 7.11 Å². The fraction of sp³-hybridized carbons (Fsp3) is 0.0435. The van der Waals surface area contributed by atoms with E-state index in [0.717, 1.165) is 33.9 Å². The van der Waals surface area contributed by atoms with Crippen LogP contribution in [0.2, 0.25) is 0 Å². The van der Waals surface area contributed by atoms with Gasteiger partial charge in [-0.15, -0.1) is 0 Å². The standard InChI is InChI=1S/C23H21NO/c1-4-18-6-10-20(11-7-18)24(21-12-8-19(5-2)9-13-21)22-14-16-23(25-3)17-15-22/h4-17H,1-2H2,3H3. The van der Waals surface area contributed by atoms with Gasteiger partial charge in [0.2, 0.25) is 0 Å². The van der Waals surface area contributed by atoms with Crippen LogP contribution in [0, 0.1) is 0 Å². The Morgan fingerprint density at radius 1 is 0.640 bits per heavy atom. The second-order valence-electron chi connectivity index (χ2n) is 5.62. The lowest BCUT2D eigenvalue weighted by molar-refractivity contribution is 0.415. The van der Waals surface area contributed by atoms with Crippen molar-refractivity contribution in [1.29, 1.82) is 0 Å². The molecule has 0 aromatic heterocycles. The molecule has 0 bridgehead atoms. The van der Waals surface area contributed by atoms with E-state index in [0.29, 0.717) is 0 Å². The third-order valence-electron chi connectivity index (χ3n) is 4.10. The van der Waals surface area contributed by atoms with Crippen molar-refractivity contribution in [2.45, 2.75) is 0 Å².